The predicted molar refractivity (Wildman–Crippen MR) is 57.3 cm³/mol. The van der Waals surface area contributed by atoms with Crippen molar-refractivity contribution in [3.63, 3.8) is 0 Å². The lowest BCUT2D eigenvalue weighted by Crippen LogP contribution is -2.11. The molecule has 0 heterocycles. The molecule has 0 amide bonds. The van der Waals surface area contributed by atoms with Gasteiger partial charge in [0.05, 0.1) is 0 Å². The molecule has 0 fully saturated rings. The van der Waals surface area contributed by atoms with Crippen LogP contribution in [0.4, 0.5) is 0 Å². The van der Waals surface area contributed by atoms with E-state index in [1.54, 1.807) is 0 Å². The Morgan fingerprint density at radius 2 is 1.08 bits per heavy atom. The molecule has 0 nitrogen and oxygen atoms in total. The van der Waals surface area contributed by atoms with Crippen molar-refractivity contribution in [3.05, 3.63) is 12.2 Å². The highest BCUT2D eigenvalue weighted by atomic mass is 14.2. The number of rotatable bonds is 2. The van der Waals surface area contributed by atoms with Crippen LogP contribution >= 0.6 is 0 Å². The minimum absolute atomic E-state index is 0.391. The lowest BCUT2D eigenvalue weighted by molar-refractivity contribution is 0.360. The number of hydrogen-bond acceptors (Lipinski definition) is 0. The van der Waals surface area contributed by atoms with Gasteiger partial charge in [-0.05, 0) is 23.7 Å². The fourth-order valence-electron chi connectivity index (χ4n) is 1.56. The van der Waals surface area contributed by atoms with Gasteiger partial charge >= 0.3 is 0 Å². The van der Waals surface area contributed by atoms with Gasteiger partial charge in [0.15, 0.2) is 0 Å². The highest BCUT2D eigenvalue weighted by Gasteiger charge is 2.16. The maximum Gasteiger partial charge on any atom is -0.0274 e. The molecule has 0 N–H and O–H groups in total. The Morgan fingerprint density at radius 3 is 1.25 bits per heavy atom. The molecule has 0 aromatic heterocycles. The van der Waals surface area contributed by atoms with E-state index >= 15 is 0 Å². The predicted octanol–water partition coefficient (Wildman–Crippen LogP) is 4.42. The van der Waals surface area contributed by atoms with Crippen LogP contribution < -0.4 is 0 Å². The van der Waals surface area contributed by atoms with E-state index in [0.717, 1.165) is 12.8 Å². The third kappa shape index (κ3) is 7.84. The van der Waals surface area contributed by atoms with Crippen LogP contribution in [0.3, 0.4) is 0 Å². The maximum atomic E-state index is 4.13. The molecule has 0 saturated heterocycles. The summed E-state index contributed by atoms with van der Waals surface area (Å²) in [6.45, 7) is 17.7. The Balaban J connectivity index is 3.92. The van der Waals surface area contributed by atoms with Crippen molar-refractivity contribution in [2.45, 2.75) is 54.4 Å². The minimum atomic E-state index is 0.391. The van der Waals surface area contributed by atoms with E-state index in [2.05, 4.69) is 48.1 Å². The van der Waals surface area contributed by atoms with Crippen molar-refractivity contribution in [1.82, 2.24) is 0 Å². The zero-order chi connectivity index (χ0) is 9.99. The van der Waals surface area contributed by atoms with Gasteiger partial charge in [-0.15, -0.1) is 0 Å². The van der Waals surface area contributed by atoms with Crippen LogP contribution in [0, 0.1) is 10.8 Å². The topological polar surface area (TPSA) is 0 Å². The number of hydrogen-bond donors (Lipinski definition) is 0. The molecule has 0 atom stereocenters. The van der Waals surface area contributed by atoms with E-state index in [1.165, 1.54) is 5.57 Å². The van der Waals surface area contributed by atoms with Crippen molar-refractivity contribution < 1.29 is 0 Å². The van der Waals surface area contributed by atoms with Crippen molar-refractivity contribution >= 4 is 0 Å². The highest BCUT2D eigenvalue weighted by Crippen LogP contribution is 2.30. The average molecular weight is 168 g/mol. The van der Waals surface area contributed by atoms with Crippen LogP contribution in [0.2, 0.25) is 0 Å². The van der Waals surface area contributed by atoms with Crippen LogP contribution in [-0.4, -0.2) is 0 Å². The molecule has 0 radical (unpaired) electrons. The quantitative estimate of drug-likeness (QED) is 0.536. The maximum absolute atomic E-state index is 4.13. The second-order valence-electron chi connectivity index (χ2n) is 6.22. The van der Waals surface area contributed by atoms with Crippen molar-refractivity contribution in [2.24, 2.45) is 10.8 Å². The van der Waals surface area contributed by atoms with Gasteiger partial charge in [-0.3, -0.25) is 0 Å². The summed E-state index contributed by atoms with van der Waals surface area (Å²) in [5.41, 5.74) is 2.17. The van der Waals surface area contributed by atoms with Crippen molar-refractivity contribution in [2.75, 3.05) is 0 Å². The van der Waals surface area contributed by atoms with Crippen molar-refractivity contribution in [3.8, 4) is 0 Å². The summed E-state index contributed by atoms with van der Waals surface area (Å²) in [6.07, 6.45) is 2.29. The Morgan fingerprint density at radius 1 is 0.833 bits per heavy atom. The smallest absolute Gasteiger partial charge is 0.0274 e. The van der Waals surface area contributed by atoms with Crippen LogP contribution in [0.15, 0.2) is 12.2 Å². The first kappa shape index (κ1) is 11.7. The second-order valence-corrected chi connectivity index (χ2v) is 6.22. The van der Waals surface area contributed by atoms with E-state index in [4.69, 9.17) is 0 Å². The first-order valence-corrected chi connectivity index (χ1v) is 4.77. The third-order valence-electron chi connectivity index (χ3n) is 1.56. The first-order chi connectivity index (χ1) is 5.10. The van der Waals surface area contributed by atoms with Crippen LogP contribution in [0.5, 0.6) is 0 Å². The van der Waals surface area contributed by atoms with Gasteiger partial charge in [-0.2, -0.15) is 0 Å². The molecule has 0 aromatic rings. The molecule has 12 heavy (non-hydrogen) atoms. The standard InChI is InChI=1S/C12H24/c1-10(8-11(2,3)4)9-12(5,6)7/h1,8-9H2,2-7H3. The van der Waals surface area contributed by atoms with E-state index in [9.17, 15) is 0 Å². The normalized spacial score (nSPS) is 13.2. The lowest BCUT2D eigenvalue weighted by atomic mass is 9.81. The van der Waals surface area contributed by atoms with Crippen LogP contribution in [0.25, 0.3) is 0 Å². The van der Waals surface area contributed by atoms with Gasteiger partial charge in [0.25, 0.3) is 0 Å². The van der Waals surface area contributed by atoms with Crippen LogP contribution in [0.1, 0.15) is 54.4 Å². The highest BCUT2D eigenvalue weighted by molar-refractivity contribution is 5.00. The Kier molecular flexibility index (Phi) is 3.56. The molecule has 0 aliphatic rings. The molecule has 0 rings (SSSR count). The van der Waals surface area contributed by atoms with Crippen molar-refractivity contribution in [1.29, 1.82) is 0 Å². The van der Waals surface area contributed by atoms with Gasteiger partial charge in [-0.25, -0.2) is 0 Å². The van der Waals surface area contributed by atoms with E-state index < -0.39 is 0 Å². The number of allylic oxidation sites excluding steroid dienone is 1. The third-order valence-corrected chi connectivity index (χ3v) is 1.56. The summed E-state index contributed by atoms with van der Waals surface area (Å²) < 4.78 is 0. The van der Waals surface area contributed by atoms with Gasteiger partial charge in [0.2, 0.25) is 0 Å². The Hall–Kier alpha value is -0.260. The molecule has 0 bridgehead atoms. The summed E-state index contributed by atoms with van der Waals surface area (Å²) in [7, 11) is 0. The summed E-state index contributed by atoms with van der Waals surface area (Å²) in [5.74, 6) is 0. The SMILES string of the molecule is C=C(CC(C)(C)C)CC(C)(C)C. The van der Waals surface area contributed by atoms with Gasteiger partial charge in [-0.1, -0.05) is 53.7 Å². The summed E-state index contributed by atoms with van der Waals surface area (Å²) >= 11 is 0. The Labute approximate surface area is 78.1 Å². The molecule has 0 heteroatoms. The molecule has 0 aromatic carbocycles. The van der Waals surface area contributed by atoms with Gasteiger partial charge in [0.1, 0.15) is 0 Å². The average Bonchev–Trinajstić information content (AvgIpc) is 1.49. The van der Waals surface area contributed by atoms with Crippen LogP contribution in [-0.2, 0) is 0 Å². The molecule has 0 unspecified atom stereocenters. The minimum Gasteiger partial charge on any atom is -0.0998 e. The van der Waals surface area contributed by atoms with E-state index in [0.29, 0.717) is 10.8 Å². The molecular formula is C12H24. The molecule has 0 aliphatic carbocycles. The zero-order valence-corrected chi connectivity index (χ0v) is 9.62. The zero-order valence-electron chi connectivity index (χ0n) is 9.62. The Bertz CT molecular complexity index is 132. The first-order valence-electron chi connectivity index (χ1n) is 4.77. The van der Waals surface area contributed by atoms with E-state index in [1.807, 2.05) is 0 Å². The van der Waals surface area contributed by atoms with Gasteiger partial charge in [0, 0.05) is 0 Å². The fourth-order valence-corrected chi connectivity index (χ4v) is 1.56. The second kappa shape index (κ2) is 3.64. The monoisotopic (exact) mass is 168 g/mol. The van der Waals surface area contributed by atoms with E-state index in [-0.39, 0.29) is 0 Å². The lowest BCUT2D eigenvalue weighted by Gasteiger charge is -2.25. The largest absolute Gasteiger partial charge is 0.0998 e. The molecule has 72 valence electrons. The molecule has 0 spiro atoms. The fraction of sp³-hybridized carbons (Fsp3) is 0.833. The van der Waals surface area contributed by atoms with Gasteiger partial charge < -0.3 is 0 Å². The molecule has 0 aliphatic heterocycles. The summed E-state index contributed by atoms with van der Waals surface area (Å²) in [6, 6.07) is 0. The summed E-state index contributed by atoms with van der Waals surface area (Å²) in [5, 5.41) is 0. The summed E-state index contributed by atoms with van der Waals surface area (Å²) in [4.78, 5) is 0. The molecular weight excluding hydrogens is 144 g/mol. The molecule has 0 saturated carbocycles.